The first-order valence-corrected chi connectivity index (χ1v) is 10.8. The van der Waals surface area contributed by atoms with Gasteiger partial charge in [0.2, 0.25) is 10.0 Å². The summed E-state index contributed by atoms with van der Waals surface area (Å²) in [6.07, 6.45) is 0.734. The van der Waals surface area contributed by atoms with E-state index < -0.39 is 10.0 Å². The molecule has 0 saturated heterocycles. The Labute approximate surface area is 169 Å². The van der Waals surface area contributed by atoms with Crippen LogP contribution in [0.1, 0.15) is 32.9 Å². The number of anilines is 1. The van der Waals surface area contributed by atoms with E-state index in [1.807, 2.05) is 36.4 Å². The normalized spacial score (nSPS) is 13.5. The van der Waals surface area contributed by atoms with Gasteiger partial charge in [0.1, 0.15) is 10.6 Å². The smallest absolute Gasteiger partial charge is 0.258 e. The van der Waals surface area contributed by atoms with Gasteiger partial charge in [0, 0.05) is 24.3 Å². The quantitative estimate of drug-likeness (QED) is 0.697. The van der Waals surface area contributed by atoms with E-state index in [1.54, 1.807) is 30.9 Å². The fourth-order valence-electron chi connectivity index (χ4n) is 3.62. The lowest BCUT2D eigenvalue weighted by Crippen LogP contribution is -2.28. The van der Waals surface area contributed by atoms with E-state index in [2.05, 4.69) is 9.88 Å². The standard InChI is InChI=1S/C21H21N3O4S/c1-14-20(15(2)28-23-14)29(26,27)22-13-16-8-9-19-18(12-16)10-11-24(19)21(25)17-6-4-3-5-7-17/h3-9,12,22H,10-11,13H2,1-2H3. The van der Waals surface area contributed by atoms with Gasteiger partial charge in [-0.05, 0) is 49.6 Å². The van der Waals surface area contributed by atoms with E-state index in [0.29, 0.717) is 17.8 Å². The number of sulfonamides is 1. The number of hydrogen-bond donors (Lipinski definition) is 1. The third kappa shape index (κ3) is 3.68. The predicted molar refractivity (Wildman–Crippen MR) is 108 cm³/mol. The number of aromatic nitrogens is 1. The Balaban J connectivity index is 1.51. The number of carbonyl (C=O) groups is 1. The highest BCUT2D eigenvalue weighted by Gasteiger charge is 2.27. The van der Waals surface area contributed by atoms with Crippen LogP contribution in [-0.2, 0) is 23.0 Å². The second-order valence-corrected chi connectivity index (χ2v) is 8.72. The number of amides is 1. The number of carbonyl (C=O) groups excluding carboxylic acids is 1. The van der Waals surface area contributed by atoms with Crippen molar-refractivity contribution in [3.63, 3.8) is 0 Å². The third-order valence-corrected chi connectivity index (χ3v) is 6.65. The molecule has 1 aliphatic heterocycles. The van der Waals surface area contributed by atoms with Gasteiger partial charge in [0.25, 0.3) is 5.91 Å². The zero-order valence-electron chi connectivity index (χ0n) is 16.2. The van der Waals surface area contributed by atoms with Crippen molar-refractivity contribution in [3.05, 3.63) is 76.7 Å². The molecular weight excluding hydrogens is 390 g/mol. The molecule has 0 spiro atoms. The molecule has 1 amide bonds. The van der Waals surface area contributed by atoms with Crippen molar-refractivity contribution >= 4 is 21.6 Å². The summed E-state index contributed by atoms with van der Waals surface area (Å²) < 4.78 is 32.7. The van der Waals surface area contributed by atoms with Crippen LogP contribution in [0.3, 0.4) is 0 Å². The Kier molecular flexibility index (Phi) is 4.97. The highest BCUT2D eigenvalue weighted by atomic mass is 32.2. The van der Waals surface area contributed by atoms with Crippen molar-refractivity contribution in [3.8, 4) is 0 Å². The van der Waals surface area contributed by atoms with Crippen molar-refractivity contribution in [2.45, 2.75) is 31.7 Å². The molecule has 1 N–H and O–H groups in total. The van der Waals surface area contributed by atoms with E-state index in [9.17, 15) is 13.2 Å². The highest BCUT2D eigenvalue weighted by molar-refractivity contribution is 7.89. The van der Waals surface area contributed by atoms with Crippen molar-refractivity contribution in [2.24, 2.45) is 0 Å². The number of rotatable bonds is 5. The van der Waals surface area contributed by atoms with Gasteiger partial charge in [-0.3, -0.25) is 4.79 Å². The van der Waals surface area contributed by atoms with Crippen LogP contribution in [0.25, 0.3) is 0 Å². The molecule has 4 rings (SSSR count). The first-order valence-electron chi connectivity index (χ1n) is 9.28. The molecule has 0 atom stereocenters. The van der Waals surface area contributed by atoms with Crippen LogP contribution in [-0.4, -0.2) is 26.0 Å². The van der Waals surface area contributed by atoms with Crippen molar-refractivity contribution in [1.29, 1.82) is 0 Å². The molecule has 150 valence electrons. The van der Waals surface area contributed by atoms with E-state index in [-0.39, 0.29) is 23.1 Å². The number of hydrogen-bond acceptors (Lipinski definition) is 5. The number of nitrogens with one attached hydrogen (secondary N) is 1. The average molecular weight is 411 g/mol. The van der Waals surface area contributed by atoms with Gasteiger partial charge in [-0.15, -0.1) is 0 Å². The third-order valence-electron chi connectivity index (χ3n) is 5.01. The van der Waals surface area contributed by atoms with E-state index in [4.69, 9.17) is 4.52 Å². The topological polar surface area (TPSA) is 92.5 Å². The molecule has 0 bridgehead atoms. The van der Waals surface area contributed by atoms with E-state index in [1.165, 1.54) is 0 Å². The Morgan fingerprint density at radius 1 is 1.17 bits per heavy atom. The van der Waals surface area contributed by atoms with Gasteiger partial charge >= 0.3 is 0 Å². The predicted octanol–water partition coefficient (Wildman–Crippen LogP) is 2.97. The first-order chi connectivity index (χ1) is 13.9. The molecule has 0 aliphatic carbocycles. The van der Waals surface area contributed by atoms with Crippen LogP contribution < -0.4 is 9.62 Å². The summed E-state index contributed by atoms with van der Waals surface area (Å²) in [6.45, 7) is 3.92. The van der Waals surface area contributed by atoms with Crippen molar-refractivity contribution < 1.29 is 17.7 Å². The van der Waals surface area contributed by atoms with Gasteiger partial charge in [-0.25, -0.2) is 13.1 Å². The molecule has 0 saturated carbocycles. The maximum Gasteiger partial charge on any atom is 0.258 e. The minimum Gasteiger partial charge on any atom is -0.360 e. The summed E-state index contributed by atoms with van der Waals surface area (Å²) in [5.74, 6) is 0.232. The second kappa shape index (κ2) is 7.46. The SMILES string of the molecule is Cc1noc(C)c1S(=O)(=O)NCc1ccc2c(c1)CCN2C(=O)c1ccccc1. The van der Waals surface area contributed by atoms with Crippen LogP contribution in [0, 0.1) is 13.8 Å². The van der Waals surface area contributed by atoms with Gasteiger partial charge in [-0.1, -0.05) is 35.5 Å². The summed E-state index contributed by atoms with van der Waals surface area (Å²) in [4.78, 5) is 14.6. The molecule has 1 aromatic heterocycles. The molecule has 0 fully saturated rings. The molecule has 0 unspecified atom stereocenters. The Morgan fingerprint density at radius 2 is 1.93 bits per heavy atom. The van der Waals surface area contributed by atoms with Gasteiger partial charge in [0.05, 0.1) is 0 Å². The Hall–Kier alpha value is -2.97. The van der Waals surface area contributed by atoms with Crippen LogP contribution in [0.2, 0.25) is 0 Å². The molecule has 1 aliphatic rings. The summed E-state index contributed by atoms with van der Waals surface area (Å²) in [6, 6.07) is 14.8. The van der Waals surface area contributed by atoms with Gasteiger partial charge in [0.15, 0.2) is 5.76 Å². The van der Waals surface area contributed by atoms with Crippen LogP contribution in [0.5, 0.6) is 0 Å². The molecule has 7 nitrogen and oxygen atoms in total. The Morgan fingerprint density at radius 3 is 2.62 bits per heavy atom. The lowest BCUT2D eigenvalue weighted by molar-refractivity contribution is 0.0989. The molecule has 3 aromatic rings. The van der Waals surface area contributed by atoms with Crippen LogP contribution in [0.4, 0.5) is 5.69 Å². The molecule has 0 radical (unpaired) electrons. The fraction of sp³-hybridized carbons (Fsp3) is 0.238. The molecule has 8 heteroatoms. The Bertz CT molecular complexity index is 1150. The zero-order valence-corrected chi connectivity index (χ0v) is 17.0. The first kappa shape index (κ1) is 19.4. The molecule has 29 heavy (non-hydrogen) atoms. The summed E-state index contributed by atoms with van der Waals surface area (Å²) in [5, 5.41) is 3.70. The number of fused-ring (bicyclic) bond motifs is 1. The number of nitrogens with zero attached hydrogens (tertiary/aromatic N) is 2. The molecule has 2 aromatic carbocycles. The van der Waals surface area contributed by atoms with E-state index in [0.717, 1.165) is 23.2 Å². The number of aryl methyl sites for hydroxylation is 2. The van der Waals surface area contributed by atoms with Gasteiger partial charge < -0.3 is 9.42 Å². The summed E-state index contributed by atoms with van der Waals surface area (Å²) in [5.41, 5.74) is 3.71. The summed E-state index contributed by atoms with van der Waals surface area (Å²) >= 11 is 0. The summed E-state index contributed by atoms with van der Waals surface area (Å²) in [7, 11) is -3.72. The fourth-order valence-corrected chi connectivity index (χ4v) is 4.96. The number of benzene rings is 2. The average Bonchev–Trinajstić information content (AvgIpc) is 3.29. The maximum atomic E-state index is 12.8. The second-order valence-electron chi connectivity index (χ2n) is 7.01. The maximum absolute atomic E-state index is 12.8. The minimum absolute atomic E-state index is 0.0313. The van der Waals surface area contributed by atoms with E-state index >= 15 is 0 Å². The zero-order chi connectivity index (χ0) is 20.6. The lowest BCUT2D eigenvalue weighted by atomic mass is 10.1. The van der Waals surface area contributed by atoms with Crippen molar-refractivity contribution in [2.75, 3.05) is 11.4 Å². The largest absolute Gasteiger partial charge is 0.360 e. The van der Waals surface area contributed by atoms with Crippen molar-refractivity contribution in [1.82, 2.24) is 9.88 Å². The monoisotopic (exact) mass is 411 g/mol. The molecular formula is C21H21N3O4S. The van der Waals surface area contributed by atoms with Crippen LogP contribution >= 0.6 is 0 Å². The molecule has 2 heterocycles. The minimum atomic E-state index is -3.72. The highest BCUT2D eigenvalue weighted by Crippen LogP contribution is 2.30. The lowest BCUT2D eigenvalue weighted by Gasteiger charge is -2.17. The van der Waals surface area contributed by atoms with Gasteiger partial charge in [-0.2, -0.15) is 0 Å². The van der Waals surface area contributed by atoms with Crippen LogP contribution in [0.15, 0.2) is 57.9 Å².